The molecule has 2 amide bonds. The lowest BCUT2D eigenvalue weighted by atomic mass is 10.2. The number of halogens is 1. The summed E-state index contributed by atoms with van der Waals surface area (Å²) in [7, 11) is 0. The van der Waals surface area contributed by atoms with Crippen molar-refractivity contribution in [3.63, 3.8) is 0 Å². The minimum Gasteiger partial charge on any atom is -0.332 e. The van der Waals surface area contributed by atoms with Crippen LogP contribution in [0.4, 0.5) is 0 Å². The molecule has 6 heteroatoms. The molecule has 2 heterocycles. The first-order valence-corrected chi connectivity index (χ1v) is 7.56. The SMILES string of the molecule is CCCN1CC(=O)N(Cc2cc(Br)cs2)CC1=O. The summed E-state index contributed by atoms with van der Waals surface area (Å²) in [6, 6.07) is 1.99. The Hall–Kier alpha value is -0.880. The Morgan fingerprint density at radius 2 is 1.94 bits per heavy atom. The van der Waals surface area contributed by atoms with Gasteiger partial charge < -0.3 is 9.80 Å². The predicted octanol–water partition coefficient (Wildman–Crippen LogP) is 2.09. The fourth-order valence-electron chi connectivity index (χ4n) is 1.95. The minimum absolute atomic E-state index is 0.0348. The van der Waals surface area contributed by atoms with E-state index in [2.05, 4.69) is 15.9 Å². The van der Waals surface area contributed by atoms with Crippen molar-refractivity contribution in [1.82, 2.24) is 9.80 Å². The maximum absolute atomic E-state index is 12.0. The molecule has 0 unspecified atom stereocenters. The van der Waals surface area contributed by atoms with E-state index < -0.39 is 0 Å². The van der Waals surface area contributed by atoms with Gasteiger partial charge in [0.1, 0.15) is 6.54 Å². The normalized spacial score (nSPS) is 16.6. The van der Waals surface area contributed by atoms with Crippen LogP contribution in [-0.2, 0) is 16.1 Å². The zero-order valence-corrected chi connectivity index (χ0v) is 12.6. The number of piperazine rings is 1. The van der Waals surface area contributed by atoms with Crippen LogP contribution in [0.3, 0.4) is 0 Å². The smallest absolute Gasteiger partial charge is 0.242 e. The van der Waals surface area contributed by atoms with E-state index in [0.29, 0.717) is 13.1 Å². The quantitative estimate of drug-likeness (QED) is 0.848. The van der Waals surface area contributed by atoms with E-state index >= 15 is 0 Å². The van der Waals surface area contributed by atoms with Crippen LogP contribution in [0.5, 0.6) is 0 Å². The van der Waals surface area contributed by atoms with Crippen LogP contribution in [0, 0.1) is 0 Å². The third-order valence-electron chi connectivity index (χ3n) is 2.82. The van der Waals surface area contributed by atoms with Crippen molar-refractivity contribution in [2.24, 2.45) is 0 Å². The third kappa shape index (κ3) is 3.11. The lowest BCUT2D eigenvalue weighted by molar-refractivity contribution is -0.150. The molecular formula is C12H15BrN2O2S. The molecular weight excluding hydrogens is 316 g/mol. The van der Waals surface area contributed by atoms with Gasteiger partial charge in [-0.15, -0.1) is 11.3 Å². The van der Waals surface area contributed by atoms with Gasteiger partial charge in [-0.25, -0.2) is 0 Å². The van der Waals surface area contributed by atoms with E-state index in [0.717, 1.165) is 15.8 Å². The van der Waals surface area contributed by atoms with Gasteiger partial charge in [0.15, 0.2) is 0 Å². The van der Waals surface area contributed by atoms with Crippen LogP contribution in [-0.4, -0.2) is 41.2 Å². The molecule has 1 aromatic rings. The van der Waals surface area contributed by atoms with Crippen LogP contribution >= 0.6 is 27.3 Å². The van der Waals surface area contributed by atoms with E-state index in [-0.39, 0.29) is 24.9 Å². The zero-order valence-electron chi connectivity index (χ0n) is 10.2. The molecule has 2 rings (SSSR count). The maximum Gasteiger partial charge on any atom is 0.242 e. The second kappa shape index (κ2) is 5.84. The number of amides is 2. The summed E-state index contributed by atoms with van der Waals surface area (Å²) in [4.78, 5) is 28.2. The summed E-state index contributed by atoms with van der Waals surface area (Å²) >= 11 is 4.98. The first-order chi connectivity index (χ1) is 8.60. The number of hydrogen-bond donors (Lipinski definition) is 0. The number of thiophene rings is 1. The molecule has 1 aliphatic rings. The van der Waals surface area contributed by atoms with Crippen molar-refractivity contribution in [2.45, 2.75) is 19.9 Å². The molecule has 1 aliphatic heterocycles. The van der Waals surface area contributed by atoms with Crippen molar-refractivity contribution < 1.29 is 9.59 Å². The molecule has 1 aromatic heterocycles. The molecule has 4 nitrogen and oxygen atoms in total. The number of carbonyl (C=O) groups excluding carboxylic acids is 2. The monoisotopic (exact) mass is 330 g/mol. The first-order valence-electron chi connectivity index (χ1n) is 5.88. The molecule has 0 spiro atoms. The molecule has 1 saturated heterocycles. The van der Waals surface area contributed by atoms with E-state index in [4.69, 9.17) is 0 Å². The Morgan fingerprint density at radius 1 is 1.28 bits per heavy atom. The number of hydrogen-bond acceptors (Lipinski definition) is 3. The van der Waals surface area contributed by atoms with E-state index in [1.54, 1.807) is 21.1 Å². The number of rotatable bonds is 4. The van der Waals surface area contributed by atoms with Crippen molar-refractivity contribution in [3.8, 4) is 0 Å². The minimum atomic E-state index is 0.0348. The van der Waals surface area contributed by atoms with Crippen LogP contribution < -0.4 is 0 Å². The van der Waals surface area contributed by atoms with E-state index in [9.17, 15) is 9.59 Å². The Balaban J connectivity index is 1.99. The highest BCUT2D eigenvalue weighted by Gasteiger charge is 2.29. The lowest BCUT2D eigenvalue weighted by Gasteiger charge is -2.33. The third-order valence-corrected chi connectivity index (χ3v) is 4.50. The van der Waals surface area contributed by atoms with E-state index in [1.807, 2.05) is 18.4 Å². The fourth-order valence-corrected chi connectivity index (χ4v) is 3.41. The maximum atomic E-state index is 12.0. The van der Waals surface area contributed by atoms with Gasteiger partial charge >= 0.3 is 0 Å². The Labute approximate surface area is 119 Å². The summed E-state index contributed by atoms with van der Waals surface area (Å²) in [5.74, 6) is 0.0830. The second-order valence-electron chi connectivity index (χ2n) is 4.30. The highest BCUT2D eigenvalue weighted by Crippen LogP contribution is 2.22. The van der Waals surface area contributed by atoms with Crippen LogP contribution in [0.1, 0.15) is 18.2 Å². The van der Waals surface area contributed by atoms with Crippen LogP contribution in [0.2, 0.25) is 0 Å². The highest BCUT2D eigenvalue weighted by molar-refractivity contribution is 9.10. The molecule has 0 bridgehead atoms. The average molecular weight is 331 g/mol. The van der Waals surface area contributed by atoms with Crippen LogP contribution in [0.15, 0.2) is 15.9 Å². The van der Waals surface area contributed by atoms with Gasteiger partial charge in [0, 0.05) is 21.3 Å². The topological polar surface area (TPSA) is 40.6 Å². The molecule has 1 fully saturated rings. The summed E-state index contributed by atoms with van der Waals surface area (Å²) in [6.45, 7) is 3.63. The molecule has 0 atom stereocenters. The molecule has 98 valence electrons. The van der Waals surface area contributed by atoms with Gasteiger partial charge in [-0.2, -0.15) is 0 Å². The lowest BCUT2D eigenvalue weighted by Crippen LogP contribution is -2.53. The number of nitrogens with zero attached hydrogens (tertiary/aromatic N) is 2. The van der Waals surface area contributed by atoms with Gasteiger partial charge in [-0.1, -0.05) is 6.92 Å². The van der Waals surface area contributed by atoms with Crippen molar-refractivity contribution in [1.29, 1.82) is 0 Å². The summed E-state index contributed by atoms with van der Waals surface area (Å²) in [5.41, 5.74) is 0. The average Bonchev–Trinajstić information content (AvgIpc) is 2.71. The van der Waals surface area contributed by atoms with Gasteiger partial charge in [-0.05, 0) is 28.4 Å². The summed E-state index contributed by atoms with van der Waals surface area (Å²) in [5, 5.41) is 1.98. The van der Waals surface area contributed by atoms with E-state index in [1.165, 1.54) is 0 Å². The Kier molecular flexibility index (Phi) is 4.40. The van der Waals surface area contributed by atoms with Gasteiger partial charge in [-0.3, -0.25) is 9.59 Å². The molecule has 0 saturated carbocycles. The fraction of sp³-hybridized carbons (Fsp3) is 0.500. The molecule has 18 heavy (non-hydrogen) atoms. The number of carbonyl (C=O) groups is 2. The molecule has 0 N–H and O–H groups in total. The first kappa shape index (κ1) is 13.5. The molecule has 0 aliphatic carbocycles. The predicted molar refractivity (Wildman–Crippen MR) is 74.3 cm³/mol. The van der Waals surface area contributed by atoms with Crippen molar-refractivity contribution >= 4 is 39.1 Å². The molecule has 0 radical (unpaired) electrons. The summed E-state index contributed by atoms with van der Waals surface area (Å²) in [6.07, 6.45) is 0.886. The standard InChI is InChI=1S/C12H15BrN2O2S/c1-2-3-14-6-12(17)15(7-11(14)16)5-10-4-9(13)8-18-10/h4,8H,2-3,5-7H2,1H3. The van der Waals surface area contributed by atoms with Crippen LogP contribution in [0.25, 0.3) is 0 Å². The van der Waals surface area contributed by atoms with Gasteiger partial charge in [0.25, 0.3) is 0 Å². The summed E-state index contributed by atoms with van der Waals surface area (Å²) < 4.78 is 1.02. The van der Waals surface area contributed by atoms with Crippen molar-refractivity contribution in [2.75, 3.05) is 19.6 Å². The van der Waals surface area contributed by atoms with Crippen molar-refractivity contribution in [3.05, 3.63) is 20.8 Å². The highest BCUT2D eigenvalue weighted by atomic mass is 79.9. The van der Waals surface area contributed by atoms with Gasteiger partial charge in [0.05, 0.1) is 13.1 Å². The molecule has 0 aromatic carbocycles. The Bertz CT molecular complexity index is 461. The Morgan fingerprint density at radius 3 is 2.56 bits per heavy atom. The largest absolute Gasteiger partial charge is 0.332 e. The second-order valence-corrected chi connectivity index (χ2v) is 6.21. The zero-order chi connectivity index (χ0) is 13.1. The van der Waals surface area contributed by atoms with Gasteiger partial charge in [0.2, 0.25) is 11.8 Å².